The number of halogens is 2. The summed E-state index contributed by atoms with van der Waals surface area (Å²) in [5.74, 6) is -2.52. The van der Waals surface area contributed by atoms with E-state index >= 15 is 0 Å². The third-order valence-corrected chi connectivity index (χ3v) is 4.67. The molecule has 0 unspecified atom stereocenters. The number of carbonyl (C=O) groups is 1. The van der Waals surface area contributed by atoms with Gasteiger partial charge in [-0.05, 0) is 68.0 Å². The maximum absolute atomic E-state index is 13.7. The Morgan fingerprint density at radius 2 is 1.56 bits per heavy atom. The van der Waals surface area contributed by atoms with Crippen molar-refractivity contribution in [3.63, 3.8) is 0 Å². The van der Waals surface area contributed by atoms with Crippen LogP contribution in [0.3, 0.4) is 0 Å². The zero-order valence-electron chi connectivity index (χ0n) is 14.2. The lowest BCUT2D eigenvalue weighted by Gasteiger charge is -2.11. The number of benzene rings is 2. The zero-order chi connectivity index (χ0) is 17.8. The molecule has 1 aliphatic carbocycles. The third-order valence-electron chi connectivity index (χ3n) is 4.67. The Bertz CT molecular complexity index is 789. The van der Waals surface area contributed by atoms with Gasteiger partial charge in [0.25, 0.3) is 5.91 Å². The van der Waals surface area contributed by atoms with Crippen molar-refractivity contribution in [3.05, 3.63) is 70.8 Å². The van der Waals surface area contributed by atoms with Crippen LogP contribution < -0.4 is 5.32 Å². The van der Waals surface area contributed by atoms with Gasteiger partial charge in [0.15, 0.2) is 0 Å². The van der Waals surface area contributed by atoms with Gasteiger partial charge in [0.2, 0.25) is 0 Å². The molecule has 2 aromatic rings. The Kier molecular flexibility index (Phi) is 5.27. The van der Waals surface area contributed by atoms with Gasteiger partial charge in [-0.25, -0.2) is 8.78 Å². The molecule has 4 heteroatoms. The minimum atomic E-state index is -0.867. The van der Waals surface area contributed by atoms with Gasteiger partial charge in [0.05, 0.1) is 0 Å². The Balaban J connectivity index is 1.78. The fourth-order valence-corrected chi connectivity index (χ4v) is 3.29. The van der Waals surface area contributed by atoms with Crippen molar-refractivity contribution in [1.29, 1.82) is 0 Å². The van der Waals surface area contributed by atoms with E-state index < -0.39 is 23.1 Å². The second-order valence-electron chi connectivity index (χ2n) is 6.45. The molecule has 1 N–H and O–H groups in total. The van der Waals surface area contributed by atoms with Crippen molar-refractivity contribution >= 4 is 17.2 Å². The summed E-state index contributed by atoms with van der Waals surface area (Å²) in [5.41, 5.74) is 3.89. The van der Waals surface area contributed by atoms with Crippen LogP contribution in [0.1, 0.15) is 54.9 Å². The average Bonchev–Trinajstić information content (AvgIpc) is 2.80. The fraction of sp³-hybridized carbons (Fsp3) is 0.286. The Morgan fingerprint density at radius 3 is 2.24 bits per heavy atom. The van der Waals surface area contributed by atoms with Crippen molar-refractivity contribution in [2.75, 3.05) is 5.32 Å². The van der Waals surface area contributed by atoms with Crippen LogP contribution in [-0.2, 0) is 0 Å². The number of anilines is 1. The van der Waals surface area contributed by atoms with E-state index in [1.54, 1.807) is 12.1 Å². The molecule has 0 saturated carbocycles. The Morgan fingerprint density at radius 1 is 0.920 bits per heavy atom. The van der Waals surface area contributed by atoms with E-state index in [0.29, 0.717) is 5.69 Å². The number of hydrogen-bond acceptors (Lipinski definition) is 1. The first kappa shape index (κ1) is 17.3. The molecule has 0 atom stereocenters. The molecule has 0 radical (unpaired) electrons. The summed E-state index contributed by atoms with van der Waals surface area (Å²) in [5, 5.41) is 2.56. The maximum Gasteiger partial charge on any atom is 0.261 e. The van der Waals surface area contributed by atoms with E-state index in [9.17, 15) is 13.6 Å². The number of carbonyl (C=O) groups excluding carboxylic acids is 1. The molecule has 0 heterocycles. The molecule has 0 aromatic heterocycles. The van der Waals surface area contributed by atoms with E-state index in [2.05, 4.69) is 12.2 Å². The quantitative estimate of drug-likeness (QED) is 0.734. The Labute approximate surface area is 146 Å². The molecule has 0 saturated heterocycles. The van der Waals surface area contributed by atoms with Crippen molar-refractivity contribution < 1.29 is 13.6 Å². The molecule has 1 aliphatic rings. The number of nitrogens with one attached hydrogen (secondary N) is 1. The topological polar surface area (TPSA) is 29.1 Å². The van der Waals surface area contributed by atoms with Gasteiger partial charge >= 0.3 is 0 Å². The Hall–Kier alpha value is -2.49. The average molecular weight is 341 g/mol. The highest BCUT2D eigenvalue weighted by Crippen LogP contribution is 2.31. The summed E-state index contributed by atoms with van der Waals surface area (Å²) >= 11 is 0. The van der Waals surface area contributed by atoms with Crippen LogP contribution in [0.25, 0.3) is 5.57 Å². The normalized spacial score (nSPS) is 15.0. The first-order chi connectivity index (χ1) is 12.1. The van der Waals surface area contributed by atoms with E-state index in [1.807, 2.05) is 12.1 Å². The monoisotopic (exact) mass is 341 g/mol. The largest absolute Gasteiger partial charge is 0.322 e. The zero-order valence-corrected chi connectivity index (χ0v) is 14.2. The summed E-state index contributed by atoms with van der Waals surface area (Å²) in [7, 11) is 0. The minimum Gasteiger partial charge on any atom is -0.322 e. The van der Waals surface area contributed by atoms with Crippen LogP contribution in [0.15, 0.2) is 48.0 Å². The highest BCUT2D eigenvalue weighted by Gasteiger charge is 2.17. The van der Waals surface area contributed by atoms with Gasteiger partial charge < -0.3 is 5.32 Å². The van der Waals surface area contributed by atoms with E-state index in [-0.39, 0.29) is 0 Å². The van der Waals surface area contributed by atoms with E-state index in [1.165, 1.54) is 36.5 Å². The number of amides is 1. The molecule has 0 fully saturated rings. The van der Waals surface area contributed by atoms with Crippen molar-refractivity contribution in [2.24, 2.45) is 0 Å². The van der Waals surface area contributed by atoms with Crippen molar-refractivity contribution in [2.45, 2.75) is 39.0 Å². The van der Waals surface area contributed by atoms with Crippen LogP contribution in [0.5, 0.6) is 0 Å². The maximum atomic E-state index is 13.7. The fourth-order valence-electron chi connectivity index (χ4n) is 3.29. The molecule has 0 bridgehead atoms. The molecule has 25 heavy (non-hydrogen) atoms. The molecule has 0 spiro atoms. The van der Waals surface area contributed by atoms with Crippen LogP contribution in [0.4, 0.5) is 14.5 Å². The highest BCUT2D eigenvalue weighted by molar-refractivity contribution is 6.04. The molecule has 2 nitrogen and oxygen atoms in total. The smallest absolute Gasteiger partial charge is 0.261 e. The summed E-state index contributed by atoms with van der Waals surface area (Å²) in [6.07, 6.45) is 5.87. The summed E-state index contributed by atoms with van der Waals surface area (Å²) in [6.45, 7) is 2.18. The van der Waals surface area contributed by atoms with Gasteiger partial charge in [-0.15, -0.1) is 0 Å². The number of rotatable bonds is 3. The van der Waals surface area contributed by atoms with Gasteiger partial charge in [-0.2, -0.15) is 0 Å². The lowest BCUT2D eigenvalue weighted by molar-refractivity contribution is 0.101. The van der Waals surface area contributed by atoms with E-state index in [4.69, 9.17) is 0 Å². The first-order valence-corrected chi connectivity index (χ1v) is 8.60. The van der Waals surface area contributed by atoms with E-state index in [0.717, 1.165) is 30.5 Å². The van der Waals surface area contributed by atoms with Crippen LogP contribution in [0.2, 0.25) is 0 Å². The van der Waals surface area contributed by atoms with Gasteiger partial charge in [-0.1, -0.05) is 30.2 Å². The number of hydrogen-bond donors (Lipinski definition) is 1. The molecule has 2 aromatic carbocycles. The third kappa shape index (κ3) is 3.95. The SMILES string of the molecule is CC1=C(c2ccc(NC(=O)c3c(F)cccc3F)cc2)CCCCC1. The second kappa shape index (κ2) is 7.60. The molecule has 0 aliphatic heterocycles. The molecule has 130 valence electrons. The first-order valence-electron chi connectivity index (χ1n) is 8.60. The standard InChI is InChI=1S/C21H21F2NO/c1-14-6-3-2-4-7-17(14)15-10-12-16(13-11-15)24-21(25)20-18(22)8-5-9-19(20)23/h5,8-13H,2-4,6-7H2,1H3,(H,24,25). The second-order valence-corrected chi connectivity index (χ2v) is 6.45. The molecular formula is C21H21F2NO. The van der Waals surface area contributed by atoms with Crippen LogP contribution >= 0.6 is 0 Å². The van der Waals surface area contributed by atoms with Gasteiger partial charge in [0, 0.05) is 5.69 Å². The van der Waals surface area contributed by atoms with Gasteiger partial charge in [0.1, 0.15) is 17.2 Å². The van der Waals surface area contributed by atoms with Crippen LogP contribution in [-0.4, -0.2) is 5.91 Å². The van der Waals surface area contributed by atoms with Crippen molar-refractivity contribution in [3.8, 4) is 0 Å². The molecule has 3 rings (SSSR count). The van der Waals surface area contributed by atoms with Crippen LogP contribution in [0, 0.1) is 11.6 Å². The molecule has 1 amide bonds. The molecular weight excluding hydrogens is 320 g/mol. The summed E-state index contributed by atoms with van der Waals surface area (Å²) in [4.78, 5) is 12.1. The lowest BCUT2D eigenvalue weighted by Crippen LogP contribution is -2.15. The minimum absolute atomic E-state index is 0.517. The predicted octanol–water partition coefficient (Wildman–Crippen LogP) is 5.95. The predicted molar refractivity (Wildman–Crippen MR) is 96.4 cm³/mol. The summed E-state index contributed by atoms with van der Waals surface area (Å²) < 4.78 is 27.4. The summed E-state index contributed by atoms with van der Waals surface area (Å²) in [6, 6.07) is 10.8. The van der Waals surface area contributed by atoms with Crippen molar-refractivity contribution in [1.82, 2.24) is 0 Å². The lowest BCUT2D eigenvalue weighted by atomic mass is 9.97. The highest BCUT2D eigenvalue weighted by atomic mass is 19.1. The van der Waals surface area contributed by atoms with Gasteiger partial charge in [-0.3, -0.25) is 4.79 Å². The number of allylic oxidation sites excluding steroid dienone is 2.